The van der Waals surface area contributed by atoms with E-state index < -0.39 is 0 Å². The first-order valence-electron chi connectivity index (χ1n) is 28.4. The number of aromatic hydroxyl groups is 2. The number of benzene rings is 10. The monoisotopic (exact) mass is 1080 g/mol. The number of amides is 2. The number of aromatic amines is 2. The zero-order valence-electron chi connectivity index (χ0n) is 46.4. The van der Waals surface area contributed by atoms with Crippen LogP contribution in [0.5, 0.6) is 23.0 Å². The van der Waals surface area contributed by atoms with Crippen molar-refractivity contribution in [1.29, 1.82) is 0 Å². The molecule has 0 saturated heterocycles. The molecule has 82 heavy (non-hydrogen) atoms. The second kappa shape index (κ2) is 21.4. The number of ether oxygens (including phenoxy) is 2. The molecule has 0 unspecified atom stereocenters. The van der Waals surface area contributed by atoms with Crippen LogP contribution >= 0.6 is 0 Å². The van der Waals surface area contributed by atoms with Crippen molar-refractivity contribution in [2.24, 2.45) is 0 Å². The fourth-order valence-electron chi connectivity index (χ4n) is 12.5. The maximum absolute atomic E-state index is 13.8. The first-order chi connectivity index (χ1) is 40.1. The van der Waals surface area contributed by atoms with Gasteiger partial charge in [-0.25, -0.2) is 9.97 Å². The number of para-hydroxylation sites is 2. The molecule has 10 aromatic carbocycles. The number of rotatable bonds is 12. The lowest BCUT2D eigenvalue weighted by Gasteiger charge is -2.23. The molecule has 0 saturated carbocycles. The molecule has 0 fully saturated rings. The molecule has 0 radical (unpaired) electrons. The molecule has 12 aromatic rings. The Bertz CT molecular complexity index is 3990. The largest absolute Gasteiger partial charge is 0.507 e. The van der Waals surface area contributed by atoms with Crippen LogP contribution in [-0.4, -0.2) is 91.2 Å². The molecular weight excluding hydrogens is 1020 g/mol. The molecule has 2 aromatic heterocycles. The number of nitrogens with zero attached hydrogens (tertiary/aromatic N) is 4. The minimum absolute atomic E-state index is 0.0906. The Balaban J connectivity index is 1.02. The van der Waals surface area contributed by atoms with Crippen LogP contribution in [0.2, 0.25) is 0 Å². The third kappa shape index (κ3) is 9.14. The van der Waals surface area contributed by atoms with Gasteiger partial charge in [-0.15, -0.1) is 0 Å². The fraction of sp³-hybridized carbons (Fsp3) is 0.200. The molecule has 12 nitrogen and oxygen atoms in total. The van der Waals surface area contributed by atoms with Gasteiger partial charge in [0.2, 0.25) is 0 Å². The van der Waals surface area contributed by atoms with Gasteiger partial charge in [-0.2, -0.15) is 0 Å². The highest BCUT2D eigenvalue weighted by Gasteiger charge is 2.26. The predicted molar refractivity (Wildman–Crippen MR) is 327 cm³/mol. The van der Waals surface area contributed by atoms with Crippen molar-refractivity contribution in [3.63, 3.8) is 0 Å². The highest BCUT2D eigenvalue weighted by Crippen LogP contribution is 2.43. The van der Waals surface area contributed by atoms with Gasteiger partial charge in [-0.1, -0.05) is 133 Å². The number of hydrogen-bond donors (Lipinski definition) is 4. The summed E-state index contributed by atoms with van der Waals surface area (Å²) in [6.07, 6.45) is 0.839. The molecule has 0 spiro atoms. The van der Waals surface area contributed by atoms with Crippen molar-refractivity contribution in [2.75, 3.05) is 39.4 Å². The number of carbonyl (C=O) groups is 2. The Morgan fingerprint density at radius 3 is 1.02 bits per heavy atom. The average Bonchev–Trinajstić information content (AvgIpc) is 4.37. The number of phenols is 2. The number of hydrogen-bond acceptors (Lipinski definition) is 8. The van der Waals surface area contributed by atoms with Crippen molar-refractivity contribution in [3.05, 3.63) is 202 Å². The highest BCUT2D eigenvalue weighted by atomic mass is 16.5. The molecule has 12 heteroatoms. The van der Waals surface area contributed by atoms with Crippen LogP contribution in [0.1, 0.15) is 72.2 Å². The molecule has 2 heterocycles. The number of fused-ring (bicyclic) bond motifs is 20. The summed E-state index contributed by atoms with van der Waals surface area (Å²) in [5.74, 6) is 2.13. The summed E-state index contributed by atoms with van der Waals surface area (Å²) in [7, 11) is 0. The van der Waals surface area contributed by atoms with Crippen molar-refractivity contribution in [1.82, 2.24) is 29.7 Å². The number of likely N-dealkylation sites (N-methyl/N-ethyl adjacent to an activating group) is 2. The summed E-state index contributed by atoms with van der Waals surface area (Å²) in [5.41, 5.74) is 10.4. The standard InChI is InChI=1S/C70H62N6O6/c1-5-75(6-2)59(77)39-81-67-41-19-17-20-42(67)32-46-36-50(70-73-63-57-29-15-11-25-53(57)54-26-12-16-30-58(54)64(63)74-70)38-48(66(46)80)34-44-22-18-21-43(68(44)82-40-60(78)76(7-3)8-4)33-47-37-49(35-45(31-41)65(47)79)69-71-61-55-27-13-9-23-51(55)52-24-10-14-28-56(52)62(61)72-69/h9-30,35-38,79-80H,5-8,31-34,39-40H2,1-4H3,(H,71,72)(H,73,74). The van der Waals surface area contributed by atoms with Crippen molar-refractivity contribution >= 4 is 77.0 Å². The molecule has 1 aliphatic rings. The van der Waals surface area contributed by atoms with Crippen LogP contribution in [0.15, 0.2) is 158 Å². The van der Waals surface area contributed by atoms with Gasteiger partial charge in [0.15, 0.2) is 13.2 Å². The van der Waals surface area contributed by atoms with E-state index in [0.717, 1.165) is 98.5 Å². The molecule has 1 aliphatic carbocycles. The van der Waals surface area contributed by atoms with Crippen LogP contribution in [0, 0.1) is 0 Å². The van der Waals surface area contributed by atoms with Crippen LogP contribution in [0.25, 0.3) is 87.9 Å². The van der Waals surface area contributed by atoms with Crippen LogP contribution in [0.3, 0.4) is 0 Å². The Labute approximate surface area is 474 Å². The van der Waals surface area contributed by atoms with Gasteiger partial charge in [0.25, 0.3) is 11.8 Å². The highest BCUT2D eigenvalue weighted by molar-refractivity contribution is 6.24. The van der Waals surface area contributed by atoms with E-state index in [1.165, 1.54) is 0 Å². The van der Waals surface area contributed by atoms with E-state index in [4.69, 9.17) is 19.4 Å². The maximum Gasteiger partial charge on any atom is 0.260 e. The normalized spacial score (nSPS) is 12.4. The number of aromatic nitrogens is 4. The third-order valence-electron chi connectivity index (χ3n) is 16.6. The van der Waals surface area contributed by atoms with E-state index in [1.54, 1.807) is 9.80 Å². The first-order valence-corrected chi connectivity index (χ1v) is 28.4. The van der Waals surface area contributed by atoms with Gasteiger partial charge in [-0.05, 0) is 118 Å². The van der Waals surface area contributed by atoms with Crippen LogP contribution < -0.4 is 9.47 Å². The Kier molecular flexibility index (Phi) is 13.5. The van der Waals surface area contributed by atoms with Gasteiger partial charge < -0.3 is 39.5 Å². The molecule has 4 N–H and O–H groups in total. The van der Waals surface area contributed by atoms with Gasteiger partial charge in [0.1, 0.15) is 34.6 Å². The lowest BCUT2D eigenvalue weighted by atomic mass is 9.89. The minimum atomic E-state index is -0.212. The summed E-state index contributed by atoms with van der Waals surface area (Å²) in [5, 5.41) is 34.2. The Morgan fingerprint density at radius 1 is 0.415 bits per heavy atom. The Hall–Kier alpha value is -9.68. The van der Waals surface area contributed by atoms with Gasteiger partial charge >= 0.3 is 0 Å². The number of imidazole rings is 2. The maximum atomic E-state index is 13.8. The molecular formula is C70H62N6O6. The summed E-state index contributed by atoms with van der Waals surface area (Å²) in [4.78, 5) is 49.3. The second-order valence-corrected chi connectivity index (χ2v) is 21.3. The minimum Gasteiger partial charge on any atom is -0.507 e. The zero-order valence-corrected chi connectivity index (χ0v) is 46.4. The van der Waals surface area contributed by atoms with Crippen molar-refractivity contribution in [3.8, 4) is 45.8 Å². The number of nitrogens with one attached hydrogen (secondary N) is 2. The Morgan fingerprint density at radius 2 is 0.707 bits per heavy atom. The van der Waals surface area contributed by atoms with Gasteiger partial charge in [0.05, 0.1) is 22.1 Å². The van der Waals surface area contributed by atoms with E-state index in [-0.39, 0.29) is 62.2 Å². The third-order valence-corrected chi connectivity index (χ3v) is 16.6. The topological polar surface area (TPSA) is 157 Å². The van der Waals surface area contributed by atoms with E-state index in [2.05, 4.69) is 82.8 Å². The predicted octanol–water partition coefficient (Wildman–Crippen LogP) is 14.0. The molecule has 408 valence electrons. The lowest BCUT2D eigenvalue weighted by Crippen LogP contribution is -2.34. The van der Waals surface area contributed by atoms with Gasteiger partial charge in [-0.3, -0.25) is 9.59 Å². The summed E-state index contributed by atoms with van der Waals surface area (Å²) in [6, 6.07) is 53.1. The second-order valence-electron chi connectivity index (χ2n) is 21.3. The van der Waals surface area contributed by atoms with Crippen LogP contribution in [0.4, 0.5) is 0 Å². The van der Waals surface area contributed by atoms with Crippen molar-refractivity contribution < 1.29 is 29.3 Å². The van der Waals surface area contributed by atoms with E-state index in [0.29, 0.717) is 71.6 Å². The van der Waals surface area contributed by atoms with Gasteiger partial charge in [0, 0.05) is 84.5 Å². The van der Waals surface area contributed by atoms with Crippen molar-refractivity contribution in [2.45, 2.75) is 53.4 Å². The van der Waals surface area contributed by atoms with Crippen LogP contribution in [-0.2, 0) is 35.3 Å². The fourth-order valence-corrected chi connectivity index (χ4v) is 12.5. The van der Waals surface area contributed by atoms with E-state index >= 15 is 0 Å². The lowest BCUT2D eigenvalue weighted by molar-refractivity contribution is -0.133. The number of carbonyl (C=O) groups excluding carboxylic acids is 2. The smallest absolute Gasteiger partial charge is 0.260 e. The molecule has 13 rings (SSSR count). The molecule has 0 atom stereocenters. The average molecular weight is 1080 g/mol. The summed E-state index contributed by atoms with van der Waals surface area (Å²) in [6.45, 7) is 9.50. The first kappa shape index (κ1) is 51.7. The molecule has 8 bridgehead atoms. The van der Waals surface area contributed by atoms with E-state index in [1.807, 2.05) is 113 Å². The summed E-state index contributed by atoms with van der Waals surface area (Å²) < 4.78 is 13.5. The SMILES string of the molecule is CCN(CC)C(=O)COc1c2cccc1Cc1cc(-c3nc4c5ccccc5c5ccccc5c4[nH]3)cc(c1O)Cc1cccc(c1OCC(=O)N(CC)CC)Cc1cc(-c3nc4c5ccccc5c5ccccc5c4[nH]3)cc(c1O)C2. The van der Waals surface area contributed by atoms with E-state index in [9.17, 15) is 19.8 Å². The summed E-state index contributed by atoms with van der Waals surface area (Å²) >= 11 is 0. The zero-order chi connectivity index (χ0) is 56.2. The quantitative estimate of drug-likeness (QED) is 0.0881. The molecule has 2 amide bonds. The number of H-pyrrole nitrogens is 2. The number of phenolic OH excluding ortho intramolecular Hbond substituents is 2. The molecule has 0 aliphatic heterocycles.